The third kappa shape index (κ3) is 3.13. The minimum atomic E-state index is -0.518. The molecule has 3 heterocycles. The first-order chi connectivity index (χ1) is 13.6. The summed E-state index contributed by atoms with van der Waals surface area (Å²) in [5.41, 5.74) is 0.789. The third-order valence-electron chi connectivity index (χ3n) is 5.22. The second-order valence-electron chi connectivity index (χ2n) is 7.07. The maximum atomic E-state index is 13.2. The van der Waals surface area contributed by atoms with Crippen molar-refractivity contribution in [2.24, 2.45) is 0 Å². The zero-order valence-corrected chi connectivity index (χ0v) is 15.7. The Morgan fingerprint density at radius 1 is 1.25 bits per heavy atom. The fourth-order valence-corrected chi connectivity index (χ4v) is 3.91. The standard InChI is InChI=1S/C21H22N4O3/c1-2-10-25-18-16(19(26)23-21(25)28)12-15(13-22-18)20(27)24-11-6-9-17(24)14-7-4-3-5-8-14/h3-5,7-8,12-13,17H,2,6,9-11H2,1H3,(H,23,26,28). The number of aromatic amines is 1. The Morgan fingerprint density at radius 3 is 2.79 bits per heavy atom. The zero-order chi connectivity index (χ0) is 19.7. The van der Waals surface area contributed by atoms with E-state index in [-0.39, 0.29) is 17.3 Å². The van der Waals surface area contributed by atoms with Gasteiger partial charge in [-0.05, 0) is 30.9 Å². The van der Waals surface area contributed by atoms with Gasteiger partial charge < -0.3 is 4.90 Å². The highest BCUT2D eigenvalue weighted by Crippen LogP contribution is 2.33. The quantitative estimate of drug-likeness (QED) is 0.755. The number of nitrogens with one attached hydrogen (secondary N) is 1. The van der Waals surface area contributed by atoms with E-state index in [1.165, 1.54) is 10.8 Å². The Balaban J connectivity index is 1.74. The van der Waals surface area contributed by atoms with Crippen LogP contribution in [0.25, 0.3) is 11.0 Å². The van der Waals surface area contributed by atoms with Gasteiger partial charge in [0, 0.05) is 19.3 Å². The number of carbonyl (C=O) groups excluding carboxylic acids is 1. The minimum Gasteiger partial charge on any atom is -0.332 e. The monoisotopic (exact) mass is 378 g/mol. The van der Waals surface area contributed by atoms with Crippen LogP contribution in [0, 0.1) is 0 Å². The van der Waals surface area contributed by atoms with Gasteiger partial charge in [0.25, 0.3) is 11.5 Å². The summed E-state index contributed by atoms with van der Waals surface area (Å²) in [6, 6.07) is 11.5. The molecule has 1 aliphatic heterocycles. The average molecular weight is 378 g/mol. The Hall–Kier alpha value is -3.22. The van der Waals surface area contributed by atoms with Crippen molar-refractivity contribution < 1.29 is 4.79 Å². The molecule has 1 saturated heterocycles. The van der Waals surface area contributed by atoms with Gasteiger partial charge in [-0.3, -0.25) is 19.1 Å². The number of aromatic nitrogens is 3. The van der Waals surface area contributed by atoms with E-state index in [0.717, 1.165) is 24.8 Å². The number of H-pyrrole nitrogens is 1. The number of pyridine rings is 1. The molecule has 1 aliphatic rings. The van der Waals surface area contributed by atoms with Crippen LogP contribution >= 0.6 is 0 Å². The third-order valence-corrected chi connectivity index (χ3v) is 5.22. The molecule has 0 spiro atoms. The number of likely N-dealkylation sites (tertiary alicyclic amines) is 1. The molecule has 0 radical (unpaired) electrons. The van der Waals surface area contributed by atoms with Crippen molar-refractivity contribution in [3.8, 4) is 0 Å². The van der Waals surface area contributed by atoms with E-state index in [1.54, 1.807) is 6.07 Å². The lowest BCUT2D eigenvalue weighted by Crippen LogP contribution is -2.32. The molecule has 1 fully saturated rings. The Bertz CT molecular complexity index is 1130. The zero-order valence-electron chi connectivity index (χ0n) is 15.7. The largest absolute Gasteiger partial charge is 0.332 e. The van der Waals surface area contributed by atoms with Crippen LogP contribution in [0.1, 0.15) is 48.1 Å². The molecule has 7 nitrogen and oxygen atoms in total. The Labute approximate surface area is 161 Å². The number of carbonyl (C=O) groups is 1. The van der Waals surface area contributed by atoms with E-state index >= 15 is 0 Å². The summed E-state index contributed by atoms with van der Waals surface area (Å²) >= 11 is 0. The Morgan fingerprint density at radius 2 is 2.04 bits per heavy atom. The summed E-state index contributed by atoms with van der Waals surface area (Å²) in [5.74, 6) is -0.145. The fourth-order valence-electron chi connectivity index (χ4n) is 3.91. The van der Waals surface area contributed by atoms with Crippen molar-refractivity contribution in [3.05, 3.63) is 74.6 Å². The molecule has 7 heteroatoms. The summed E-state index contributed by atoms with van der Waals surface area (Å²) < 4.78 is 1.44. The number of fused-ring (bicyclic) bond motifs is 1. The van der Waals surface area contributed by atoms with Crippen LogP contribution in [0.15, 0.2) is 52.2 Å². The van der Waals surface area contributed by atoms with Gasteiger partial charge in [0.1, 0.15) is 5.65 Å². The molecule has 144 valence electrons. The van der Waals surface area contributed by atoms with Gasteiger partial charge in [0.05, 0.1) is 17.0 Å². The first-order valence-corrected chi connectivity index (χ1v) is 9.59. The molecule has 3 aromatic rings. The molecule has 0 bridgehead atoms. The van der Waals surface area contributed by atoms with Crippen LogP contribution < -0.4 is 11.2 Å². The average Bonchev–Trinajstić information content (AvgIpc) is 3.21. The van der Waals surface area contributed by atoms with Crippen molar-refractivity contribution in [3.63, 3.8) is 0 Å². The van der Waals surface area contributed by atoms with Crippen molar-refractivity contribution in [1.29, 1.82) is 0 Å². The predicted octanol–water partition coefficient (Wildman–Crippen LogP) is 2.47. The van der Waals surface area contributed by atoms with Crippen molar-refractivity contribution in [2.45, 2.75) is 38.8 Å². The van der Waals surface area contributed by atoms with Gasteiger partial charge >= 0.3 is 5.69 Å². The van der Waals surface area contributed by atoms with E-state index < -0.39 is 11.2 Å². The number of rotatable bonds is 4. The number of benzene rings is 1. The molecule has 2 aromatic heterocycles. The normalized spacial score (nSPS) is 16.6. The smallest absolute Gasteiger partial charge is 0.329 e. The highest BCUT2D eigenvalue weighted by molar-refractivity contribution is 5.97. The second kappa shape index (κ2) is 7.42. The maximum Gasteiger partial charge on any atom is 0.329 e. The molecule has 1 atom stereocenters. The van der Waals surface area contributed by atoms with Gasteiger partial charge in [-0.1, -0.05) is 37.3 Å². The molecule has 4 rings (SSSR count). The van der Waals surface area contributed by atoms with Crippen LogP contribution in [-0.2, 0) is 6.54 Å². The fraction of sp³-hybridized carbons (Fsp3) is 0.333. The number of aryl methyl sites for hydroxylation is 1. The molecule has 0 saturated carbocycles. The van der Waals surface area contributed by atoms with Gasteiger partial charge in [-0.2, -0.15) is 0 Å². The van der Waals surface area contributed by atoms with E-state index in [4.69, 9.17) is 0 Å². The highest BCUT2D eigenvalue weighted by atomic mass is 16.2. The van der Waals surface area contributed by atoms with Crippen LogP contribution in [0.4, 0.5) is 0 Å². The van der Waals surface area contributed by atoms with Crippen LogP contribution in [0.5, 0.6) is 0 Å². The van der Waals surface area contributed by atoms with Crippen LogP contribution in [0.2, 0.25) is 0 Å². The van der Waals surface area contributed by atoms with Crippen LogP contribution in [-0.4, -0.2) is 31.9 Å². The Kier molecular flexibility index (Phi) is 4.81. The lowest BCUT2D eigenvalue weighted by atomic mass is 10.0. The SMILES string of the molecule is CCCn1c(=O)[nH]c(=O)c2cc(C(=O)N3CCCC3c3ccccc3)cnc21. The van der Waals surface area contributed by atoms with Crippen molar-refractivity contribution >= 4 is 16.9 Å². The molecule has 1 unspecified atom stereocenters. The summed E-state index contributed by atoms with van der Waals surface area (Å²) in [6.45, 7) is 3.06. The van der Waals surface area contributed by atoms with E-state index in [1.807, 2.05) is 42.2 Å². The predicted molar refractivity (Wildman–Crippen MR) is 106 cm³/mol. The first-order valence-electron chi connectivity index (χ1n) is 9.59. The summed E-state index contributed by atoms with van der Waals surface area (Å²) in [4.78, 5) is 46.0. The summed E-state index contributed by atoms with van der Waals surface area (Å²) in [7, 11) is 0. The topological polar surface area (TPSA) is 88.1 Å². The number of nitrogens with zero attached hydrogens (tertiary/aromatic N) is 3. The minimum absolute atomic E-state index is 0.0247. The molecule has 1 N–H and O–H groups in total. The van der Waals surface area contributed by atoms with Crippen molar-refractivity contribution in [1.82, 2.24) is 19.4 Å². The first kappa shape index (κ1) is 18.2. The molecular formula is C21H22N4O3. The highest BCUT2D eigenvalue weighted by Gasteiger charge is 2.30. The van der Waals surface area contributed by atoms with Gasteiger partial charge in [-0.25, -0.2) is 9.78 Å². The summed E-state index contributed by atoms with van der Waals surface area (Å²) in [6.07, 6.45) is 4.04. The second-order valence-corrected chi connectivity index (χ2v) is 7.07. The van der Waals surface area contributed by atoms with Gasteiger partial charge in [0.2, 0.25) is 0 Å². The summed E-state index contributed by atoms with van der Waals surface area (Å²) in [5, 5.41) is 0.259. The molecule has 0 aliphatic carbocycles. The maximum absolute atomic E-state index is 13.2. The van der Waals surface area contributed by atoms with E-state index in [9.17, 15) is 14.4 Å². The molecule has 28 heavy (non-hydrogen) atoms. The molecular weight excluding hydrogens is 356 g/mol. The number of hydrogen-bond acceptors (Lipinski definition) is 4. The lowest BCUT2D eigenvalue weighted by molar-refractivity contribution is 0.0735. The lowest BCUT2D eigenvalue weighted by Gasteiger charge is -2.25. The van der Waals surface area contributed by atoms with Gasteiger partial charge in [-0.15, -0.1) is 0 Å². The number of hydrogen-bond donors (Lipinski definition) is 1. The van der Waals surface area contributed by atoms with Crippen LogP contribution in [0.3, 0.4) is 0 Å². The molecule has 1 amide bonds. The number of amides is 1. The van der Waals surface area contributed by atoms with E-state index in [0.29, 0.717) is 24.3 Å². The van der Waals surface area contributed by atoms with Gasteiger partial charge in [0.15, 0.2) is 0 Å². The molecule has 1 aromatic carbocycles. The van der Waals surface area contributed by atoms with Crippen molar-refractivity contribution in [2.75, 3.05) is 6.54 Å². The van der Waals surface area contributed by atoms with E-state index in [2.05, 4.69) is 9.97 Å².